The van der Waals surface area contributed by atoms with Crippen LogP contribution in [0.2, 0.25) is 0 Å². The maximum atomic E-state index is 13.8. The Morgan fingerprint density at radius 3 is 2.70 bits per heavy atom. The van der Waals surface area contributed by atoms with E-state index in [9.17, 15) is 9.18 Å². The molecule has 0 spiro atoms. The monoisotopic (exact) mass is 341 g/mol. The van der Waals surface area contributed by atoms with Gasteiger partial charge in [0.15, 0.2) is 16.3 Å². The third kappa shape index (κ3) is 2.97. The quantitative estimate of drug-likeness (QED) is 0.345. The van der Waals surface area contributed by atoms with Crippen LogP contribution in [0.3, 0.4) is 0 Å². The summed E-state index contributed by atoms with van der Waals surface area (Å²) in [4.78, 5) is 11.8. The van der Waals surface area contributed by atoms with Crippen LogP contribution < -0.4 is 11.1 Å². The molecule has 1 heterocycles. The number of carbonyl (C=O) groups is 1. The molecule has 0 radical (unpaired) electrons. The Morgan fingerprint density at radius 2 is 2.15 bits per heavy atom. The molecule has 1 amide bonds. The smallest absolute Gasteiger partial charge is 0.291 e. The zero-order valence-corrected chi connectivity index (χ0v) is 11.5. The molecule has 0 aliphatic heterocycles. The van der Waals surface area contributed by atoms with E-state index in [1.807, 2.05) is 0 Å². The minimum Gasteiger partial charge on any atom is -0.444 e. The van der Waals surface area contributed by atoms with Crippen LogP contribution in [0.15, 0.2) is 44.6 Å². The van der Waals surface area contributed by atoms with Gasteiger partial charge in [-0.25, -0.2) is 4.39 Å². The number of carbonyl (C=O) groups excluding carboxylic acids is 1. The van der Waals surface area contributed by atoms with Crippen molar-refractivity contribution in [1.82, 2.24) is 0 Å². The average Bonchev–Trinajstić information content (AvgIpc) is 2.86. The van der Waals surface area contributed by atoms with E-state index in [-0.39, 0.29) is 22.8 Å². The Labute approximate surface area is 121 Å². The lowest BCUT2D eigenvalue weighted by Gasteiger charge is -2.06. The summed E-state index contributed by atoms with van der Waals surface area (Å²) in [6.07, 6.45) is 0. The molecule has 20 heavy (non-hydrogen) atoms. The molecule has 4 N–H and O–H groups in total. The lowest BCUT2D eigenvalue weighted by molar-refractivity contribution is 0.0995. The SMILES string of the molecule is N/C(=N/O)c1ccc(NC(=O)c2ccc(Br)o2)c(F)c1. The number of rotatable bonds is 3. The number of benzene rings is 1. The third-order valence-corrected chi connectivity index (χ3v) is 2.84. The van der Waals surface area contributed by atoms with E-state index >= 15 is 0 Å². The first-order chi connectivity index (χ1) is 9.51. The highest BCUT2D eigenvalue weighted by Crippen LogP contribution is 2.19. The number of anilines is 1. The van der Waals surface area contributed by atoms with Crippen LogP contribution in [0.25, 0.3) is 0 Å². The number of nitrogens with two attached hydrogens (primary N) is 1. The van der Waals surface area contributed by atoms with Gasteiger partial charge in [-0.05, 0) is 46.3 Å². The van der Waals surface area contributed by atoms with Gasteiger partial charge in [0.25, 0.3) is 5.91 Å². The molecule has 1 aromatic carbocycles. The first-order valence-electron chi connectivity index (χ1n) is 5.35. The third-order valence-electron chi connectivity index (χ3n) is 2.42. The van der Waals surface area contributed by atoms with Gasteiger partial charge in [0, 0.05) is 5.56 Å². The highest BCUT2D eigenvalue weighted by molar-refractivity contribution is 9.10. The van der Waals surface area contributed by atoms with Gasteiger partial charge in [-0.2, -0.15) is 0 Å². The van der Waals surface area contributed by atoms with Gasteiger partial charge in [0.05, 0.1) is 5.69 Å². The number of oxime groups is 1. The van der Waals surface area contributed by atoms with Crippen LogP contribution in [-0.2, 0) is 0 Å². The first-order valence-corrected chi connectivity index (χ1v) is 6.14. The van der Waals surface area contributed by atoms with Crippen molar-refractivity contribution in [1.29, 1.82) is 0 Å². The number of furan rings is 1. The Bertz CT molecular complexity index is 684. The van der Waals surface area contributed by atoms with E-state index in [1.165, 1.54) is 18.2 Å². The molecule has 0 bridgehead atoms. The zero-order chi connectivity index (χ0) is 14.7. The largest absolute Gasteiger partial charge is 0.444 e. The standard InChI is InChI=1S/C12H9BrFN3O3/c13-10-4-3-9(20-10)12(18)16-8-2-1-6(5-7(8)14)11(15)17-19/h1-5,19H,(H2,15,17)(H,16,18). The molecule has 0 unspecified atom stereocenters. The minimum atomic E-state index is -0.715. The van der Waals surface area contributed by atoms with Gasteiger partial charge in [0.1, 0.15) is 5.82 Å². The summed E-state index contributed by atoms with van der Waals surface area (Å²) >= 11 is 3.06. The molecule has 0 aliphatic carbocycles. The minimum absolute atomic E-state index is 0.0387. The zero-order valence-electron chi connectivity index (χ0n) is 9.93. The number of halogens is 2. The second kappa shape index (κ2) is 5.74. The van der Waals surface area contributed by atoms with Crippen molar-refractivity contribution in [2.75, 3.05) is 5.32 Å². The fourth-order valence-corrected chi connectivity index (χ4v) is 1.76. The molecule has 1 aromatic heterocycles. The number of nitrogens with zero attached hydrogens (tertiary/aromatic N) is 1. The maximum Gasteiger partial charge on any atom is 0.291 e. The van der Waals surface area contributed by atoms with Crippen LogP contribution >= 0.6 is 15.9 Å². The van der Waals surface area contributed by atoms with Crippen molar-refractivity contribution >= 4 is 33.4 Å². The van der Waals surface area contributed by atoms with E-state index < -0.39 is 11.7 Å². The Balaban J connectivity index is 2.20. The summed E-state index contributed by atoms with van der Waals surface area (Å²) in [5.41, 5.74) is 5.49. The fourth-order valence-electron chi connectivity index (χ4n) is 1.45. The van der Waals surface area contributed by atoms with E-state index in [4.69, 9.17) is 15.4 Å². The van der Waals surface area contributed by atoms with E-state index in [2.05, 4.69) is 26.4 Å². The fraction of sp³-hybridized carbons (Fsp3) is 0. The van der Waals surface area contributed by atoms with Crippen LogP contribution in [0.4, 0.5) is 10.1 Å². The van der Waals surface area contributed by atoms with Crippen LogP contribution in [0.5, 0.6) is 0 Å². The molecular formula is C12H9BrFN3O3. The molecule has 8 heteroatoms. The van der Waals surface area contributed by atoms with Crippen molar-refractivity contribution in [3.63, 3.8) is 0 Å². The predicted octanol–water partition coefficient (Wildman–Crippen LogP) is 2.53. The molecular weight excluding hydrogens is 333 g/mol. The second-order valence-electron chi connectivity index (χ2n) is 3.74. The Hall–Kier alpha value is -2.35. The molecule has 104 valence electrons. The van der Waals surface area contributed by atoms with Gasteiger partial charge in [0.2, 0.25) is 0 Å². The van der Waals surface area contributed by atoms with Gasteiger partial charge >= 0.3 is 0 Å². The summed E-state index contributed by atoms with van der Waals surface area (Å²) < 4.78 is 19.2. The summed E-state index contributed by atoms with van der Waals surface area (Å²) in [6.45, 7) is 0. The average molecular weight is 342 g/mol. The highest BCUT2D eigenvalue weighted by Gasteiger charge is 2.13. The van der Waals surface area contributed by atoms with Crippen LogP contribution in [0, 0.1) is 5.82 Å². The van der Waals surface area contributed by atoms with Crippen molar-refractivity contribution in [2.45, 2.75) is 0 Å². The van der Waals surface area contributed by atoms with Crippen LogP contribution in [-0.4, -0.2) is 17.0 Å². The molecule has 0 atom stereocenters. The lowest BCUT2D eigenvalue weighted by Crippen LogP contribution is -2.15. The predicted molar refractivity (Wildman–Crippen MR) is 73.3 cm³/mol. The lowest BCUT2D eigenvalue weighted by atomic mass is 10.2. The van der Waals surface area contributed by atoms with Gasteiger partial charge in [-0.1, -0.05) is 5.16 Å². The molecule has 2 rings (SSSR count). The number of nitrogens with one attached hydrogen (secondary N) is 1. The van der Waals surface area contributed by atoms with Crippen molar-refractivity contribution in [3.8, 4) is 0 Å². The van der Waals surface area contributed by atoms with Gasteiger partial charge < -0.3 is 20.7 Å². The molecule has 0 fully saturated rings. The Kier molecular flexibility index (Phi) is 4.04. The normalized spacial score (nSPS) is 11.4. The number of amidine groups is 1. The summed E-state index contributed by atoms with van der Waals surface area (Å²) in [5.74, 6) is -1.49. The van der Waals surface area contributed by atoms with Gasteiger partial charge in [-0.15, -0.1) is 0 Å². The van der Waals surface area contributed by atoms with E-state index in [0.29, 0.717) is 4.67 Å². The van der Waals surface area contributed by atoms with E-state index in [0.717, 1.165) is 6.07 Å². The van der Waals surface area contributed by atoms with Gasteiger partial charge in [-0.3, -0.25) is 4.79 Å². The van der Waals surface area contributed by atoms with Crippen molar-refractivity contribution in [3.05, 3.63) is 52.1 Å². The number of hydrogen-bond donors (Lipinski definition) is 3. The van der Waals surface area contributed by atoms with E-state index in [1.54, 1.807) is 6.07 Å². The summed E-state index contributed by atoms with van der Waals surface area (Å²) in [6, 6.07) is 6.75. The number of hydrogen-bond acceptors (Lipinski definition) is 4. The molecule has 6 nitrogen and oxygen atoms in total. The Morgan fingerprint density at radius 1 is 1.40 bits per heavy atom. The molecule has 2 aromatic rings. The molecule has 0 saturated carbocycles. The number of amides is 1. The first kappa shape index (κ1) is 14.1. The summed E-state index contributed by atoms with van der Waals surface area (Å²) in [7, 11) is 0. The summed E-state index contributed by atoms with van der Waals surface area (Å²) in [5, 5.41) is 13.6. The second-order valence-corrected chi connectivity index (χ2v) is 4.52. The van der Waals surface area contributed by atoms with Crippen molar-refractivity contribution < 1.29 is 18.8 Å². The van der Waals surface area contributed by atoms with Crippen LogP contribution in [0.1, 0.15) is 16.1 Å². The molecule has 0 aliphatic rings. The van der Waals surface area contributed by atoms with Crippen molar-refractivity contribution in [2.24, 2.45) is 10.9 Å². The maximum absolute atomic E-state index is 13.8. The topological polar surface area (TPSA) is 101 Å². The highest BCUT2D eigenvalue weighted by atomic mass is 79.9. The molecule has 0 saturated heterocycles.